The summed E-state index contributed by atoms with van der Waals surface area (Å²) in [7, 11) is 1.58. The van der Waals surface area contributed by atoms with Crippen molar-refractivity contribution in [1.29, 1.82) is 0 Å². The molecule has 4 nitrogen and oxygen atoms in total. The fraction of sp³-hybridized carbons (Fsp3) is 0.125. The number of rotatable bonds is 2. The Balaban J connectivity index is 2.87. The number of halogens is 1. The monoisotopic (exact) mass is 199 g/mol. The van der Waals surface area contributed by atoms with Gasteiger partial charge in [0, 0.05) is 11.8 Å². The highest BCUT2D eigenvalue weighted by Gasteiger charge is 2.01. The molecule has 0 atom stereocenters. The van der Waals surface area contributed by atoms with E-state index in [0.29, 0.717) is 5.75 Å². The van der Waals surface area contributed by atoms with Gasteiger partial charge in [-0.1, -0.05) is 12.1 Å². The van der Waals surface area contributed by atoms with E-state index in [2.05, 4.69) is 9.83 Å². The maximum absolute atomic E-state index is 5.38. The predicted molar refractivity (Wildman–Crippen MR) is 54.1 cm³/mol. The molecule has 0 aliphatic heterocycles. The van der Waals surface area contributed by atoms with Crippen LogP contribution in [0.3, 0.4) is 0 Å². The Bertz CT molecular complexity index is 314. The first-order chi connectivity index (χ1) is 6.27. The van der Waals surface area contributed by atoms with E-state index in [0.717, 1.165) is 5.69 Å². The molecule has 70 valence electrons. The average Bonchev–Trinajstić information content (AvgIpc) is 2.18. The molecule has 0 unspecified atom stereocenters. The molecule has 1 rings (SSSR count). The number of hydrogen-bond acceptors (Lipinski definition) is 2. The molecule has 0 amide bonds. The van der Waals surface area contributed by atoms with E-state index >= 15 is 0 Å². The minimum Gasteiger partial charge on any atom is -0.495 e. The zero-order valence-electron chi connectivity index (χ0n) is 7.12. The fourth-order valence-corrected chi connectivity index (χ4v) is 0.949. The number of nitrogens with two attached hydrogens (primary N) is 1. The summed E-state index contributed by atoms with van der Waals surface area (Å²) in [5.74, 6) is 0.817. The zero-order chi connectivity index (χ0) is 9.68. The van der Waals surface area contributed by atoms with Crippen LogP contribution >= 0.6 is 11.8 Å². The van der Waals surface area contributed by atoms with Crippen LogP contribution in [0.4, 0.5) is 5.69 Å². The van der Waals surface area contributed by atoms with Crippen LogP contribution in [0.1, 0.15) is 0 Å². The fourth-order valence-electron chi connectivity index (χ4n) is 0.907. The summed E-state index contributed by atoms with van der Waals surface area (Å²) >= 11 is 5.16. The van der Waals surface area contributed by atoms with Crippen LogP contribution in [-0.2, 0) is 0 Å². The Labute approximate surface area is 81.5 Å². The highest BCUT2D eigenvalue weighted by atomic mass is 35.5. The quantitative estimate of drug-likeness (QED) is 0.562. The van der Waals surface area contributed by atoms with Gasteiger partial charge in [0.15, 0.2) is 0 Å². The standard InChI is InChI=1S/C8H10ClN3O/c1-13-7-5-3-2-4-6(7)11-8(10)12-9/h2-5H,1H3,(H3,10,11,12). The summed E-state index contributed by atoms with van der Waals surface area (Å²) in [5.41, 5.74) is 6.11. The molecule has 0 radical (unpaired) electrons. The van der Waals surface area contributed by atoms with Gasteiger partial charge in [0.2, 0.25) is 5.96 Å². The molecule has 0 aliphatic rings. The number of ether oxygens (including phenoxy) is 1. The van der Waals surface area contributed by atoms with Crippen molar-refractivity contribution in [3.05, 3.63) is 24.3 Å². The van der Waals surface area contributed by atoms with Crippen molar-refractivity contribution in [2.45, 2.75) is 0 Å². The van der Waals surface area contributed by atoms with E-state index in [1.54, 1.807) is 7.11 Å². The van der Waals surface area contributed by atoms with Gasteiger partial charge in [-0.05, 0) is 12.1 Å². The largest absolute Gasteiger partial charge is 0.495 e. The first-order valence-electron chi connectivity index (χ1n) is 3.62. The topological polar surface area (TPSA) is 59.6 Å². The minimum absolute atomic E-state index is 0.131. The highest BCUT2D eigenvalue weighted by molar-refractivity contribution is 6.20. The van der Waals surface area contributed by atoms with Gasteiger partial charge < -0.3 is 15.8 Å². The number of anilines is 1. The third-order valence-electron chi connectivity index (χ3n) is 1.46. The lowest BCUT2D eigenvalue weighted by Gasteiger charge is -2.08. The normalized spacial score (nSPS) is 11.1. The molecule has 1 aromatic rings. The molecule has 0 fully saturated rings. The molecule has 0 spiro atoms. The predicted octanol–water partition coefficient (Wildman–Crippen LogP) is 1.58. The van der Waals surface area contributed by atoms with Crippen LogP contribution in [0.15, 0.2) is 28.8 Å². The smallest absolute Gasteiger partial charge is 0.210 e. The van der Waals surface area contributed by atoms with Crippen molar-refractivity contribution in [1.82, 2.24) is 0 Å². The molecule has 0 bridgehead atoms. The number of nitrogens with one attached hydrogen (secondary N) is 1. The van der Waals surface area contributed by atoms with E-state index in [-0.39, 0.29) is 5.96 Å². The van der Waals surface area contributed by atoms with Crippen LogP contribution in [0.5, 0.6) is 5.75 Å². The van der Waals surface area contributed by atoms with Gasteiger partial charge in [-0.15, -0.1) is 4.51 Å². The lowest BCUT2D eigenvalue weighted by atomic mass is 10.3. The second kappa shape index (κ2) is 4.57. The molecule has 0 aliphatic carbocycles. The number of benzene rings is 1. The minimum atomic E-state index is 0.131. The molecule has 0 saturated heterocycles. The molecule has 0 aromatic heterocycles. The van der Waals surface area contributed by atoms with Crippen molar-refractivity contribution in [2.75, 3.05) is 12.4 Å². The van der Waals surface area contributed by atoms with E-state index in [9.17, 15) is 0 Å². The molecule has 5 heteroatoms. The highest BCUT2D eigenvalue weighted by Crippen LogP contribution is 2.22. The maximum atomic E-state index is 5.38. The van der Waals surface area contributed by atoms with Crippen molar-refractivity contribution < 1.29 is 4.74 Å². The van der Waals surface area contributed by atoms with Gasteiger partial charge in [0.1, 0.15) is 5.75 Å². The molecular weight excluding hydrogens is 190 g/mol. The summed E-state index contributed by atoms with van der Waals surface area (Å²) in [6.07, 6.45) is 0. The molecule has 13 heavy (non-hydrogen) atoms. The number of para-hydroxylation sites is 2. The van der Waals surface area contributed by atoms with E-state index in [4.69, 9.17) is 22.2 Å². The Morgan fingerprint density at radius 1 is 1.54 bits per heavy atom. The average molecular weight is 200 g/mol. The van der Waals surface area contributed by atoms with Crippen LogP contribution in [0.2, 0.25) is 0 Å². The summed E-state index contributed by atoms with van der Waals surface area (Å²) in [6, 6.07) is 7.34. The van der Waals surface area contributed by atoms with Crippen molar-refractivity contribution in [3.8, 4) is 5.75 Å². The van der Waals surface area contributed by atoms with Gasteiger partial charge in [-0.3, -0.25) is 0 Å². The second-order valence-corrected chi connectivity index (χ2v) is 2.46. The molecule has 0 heterocycles. The van der Waals surface area contributed by atoms with Crippen molar-refractivity contribution in [2.24, 2.45) is 10.2 Å². The third-order valence-corrected chi connectivity index (χ3v) is 1.64. The van der Waals surface area contributed by atoms with Gasteiger partial charge in [-0.25, -0.2) is 0 Å². The maximum Gasteiger partial charge on any atom is 0.210 e. The third kappa shape index (κ3) is 2.52. The van der Waals surface area contributed by atoms with E-state index < -0.39 is 0 Å². The Kier molecular flexibility index (Phi) is 3.40. The Morgan fingerprint density at radius 2 is 2.23 bits per heavy atom. The SMILES string of the molecule is COc1ccccc1N/C(N)=N/Cl. The number of methoxy groups -OCH3 is 1. The van der Waals surface area contributed by atoms with Crippen molar-refractivity contribution in [3.63, 3.8) is 0 Å². The molecule has 1 aromatic carbocycles. The molecular formula is C8H10ClN3O. The molecule has 3 N–H and O–H groups in total. The van der Waals surface area contributed by atoms with Gasteiger partial charge in [-0.2, -0.15) is 0 Å². The summed E-state index contributed by atoms with van der Waals surface area (Å²) in [5, 5.41) is 2.78. The van der Waals surface area contributed by atoms with Crippen LogP contribution < -0.4 is 15.8 Å². The Hall–Kier alpha value is -1.42. The first-order valence-corrected chi connectivity index (χ1v) is 3.96. The molecule has 0 saturated carbocycles. The van der Waals surface area contributed by atoms with E-state index in [1.165, 1.54) is 0 Å². The van der Waals surface area contributed by atoms with Crippen molar-refractivity contribution >= 4 is 23.4 Å². The van der Waals surface area contributed by atoms with E-state index in [1.807, 2.05) is 24.3 Å². The van der Waals surface area contributed by atoms with Gasteiger partial charge >= 0.3 is 0 Å². The Morgan fingerprint density at radius 3 is 2.85 bits per heavy atom. The van der Waals surface area contributed by atoms with Crippen LogP contribution in [-0.4, -0.2) is 13.1 Å². The lowest BCUT2D eigenvalue weighted by molar-refractivity contribution is 0.417. The number of guanidine groups is 1. The van der Waals surface area contributed by atoms with Crippen LogP contribution in [0, 0.1) is 0 Å². The summed E-state index contributed by atoms with van der Waals surface area (Å²) < 4.78 is 8.33. The zero-order valence-corrected chi connectivity index (χ0v) is 7.88. The van der Waals surface area contributed by atoms with Gasteiger partial charge in [0.25, 0.3) is 0 Å². The van der Waals surface area contributed by atoms with Gasteiger partial charge in [0.05, 0.1) is 12.8 Å². The number of nitrogens with zero attached hydrogens (tertiary/aromatic N) is 1. The van der Waals surface area contributed by atoms with Crippen LogP contribution in [0.25, 0.3) is 0 Å². The summed E-state index contributed by atoms with van der Waals surface area (Å²) in [6.45, 7) is 0. The second-order valence-electron chi connectivity index (χ2n) is 2.30. The lowest BCUT2D eigenvalue weighted by Crippen LogP contribution is -2.21. The number of hydrogen-bond donors (Lipinski definition) is 2. The summed E-state index contributed by atoms with van der Waals surface area (Å²) in [4.78, 5) is 0. The first kappa shape index (κ1) is 9.67.